The predicted molar refractivity (Wildman–Crippen MR) is 205 cm³/mol. The van der Waals surface area contributed by atoms with Gasteiger partial charge in [-0.1, -0.05) is 23.2 Å². The Morgan fingerprint density at radius 3 is 1.94 bits per heavy atom. The molecule has 0 spiro atoms. The maximum atomic E-state index is 13.8. The SMILES string of the molecule is N#Cc1cc(F)c(Cl)nc1N1CCC(CC(=O)Nc2ccc3cc2CCc2cncc(c2)Nc2ncc(Cl)c(n2)N3)CC1.O=C(O)C(F)(F)F.O=C(O)C(F)(F)F.O=C(O)C(F)(F)F. The molecule has 6 N–H and O–H groups in total. The van der Waals surface area contributed by atoms with Crippen LogP contribution >= 0.6 is 23.2 Å². The minimum atomic E-state index is -5.08. The Hall–Kier alpha value is -6.75. The van der Waals surface area contributed by atoms with Gasteiger partial charge in [-0.3, -0.25) is 9.78 Å². The number of nitriles is 1. The lowest BCUT2D eigenvalue weighted by Crippen LogP contribution is -2.36. The normalized spacial score (nSPS) is 13.6. The quantitative estimate of drug-likeness (QED) is 0.0832. The molecule has 3 aromatic heterocycles. The van der Waals surface area contributed by atoms with Gasteiger partial charge in [-0.05, 0) is 73.1 Å². The summed E-state index contributed by atoms with van der Waals surface area (Å²) in [4.78, 5) is 59.0. The van der Waals surface area contributed by atoms with Gasteiger partial charge in [0.15, 0.2) is 16.8 Å². The number of carboxylic acids is 3. The number of hydrogen-bond acceptors (Lipinski definition) is 12. The fourth-order valence-corrected chi connectivity index (χ4v) is 5.62. The summed E-state index contributed by atoms with van der Waals surface area (Å²) in [5.74, 6) is -7.69. The van der Waals surface area contributed by atoms with Crippen molar-refractivity contribution in [2.24, 2.45) is 5.92 Å². The number of anilines is 6. The van der Waals surface area contributed by atoms with Gasteiger partial charge in [-0.15, -0.1) is 0 Å². The van der Waals surface area contributed by atoms with E-state index in [2.05, 4.69) is 35.9 Å². The van der Waals surface area contributed by atoms with Crippen LogP contribution in [-0.2, 0) is 32.0 Å². The average molecular weight is 961 g/mol. The highest BCUT2D eigenvalue weighted by Gasteiger charge is 2.39. The molecule has 4 aromatic rings. The molecule has 16 nitrogen and oxygen atoms in total. The molecule has 1 fully saturated rings. The smallest absolute Gasteiger partial charge is 0.475 e. The maximum Gasteiger partial charge on any atom is 0.490 e. The zero-order valence-corrected chi connectivity index (χ0v) is 33.4. The molecule has 0 atom stereocenters. The van der Waals surface area contributed by atoms with Crippen LogP contribution in [0.15, 0.2) is 48.9 Å². The lowest BCUT2D eigenvalue weighted by molar-refractivity contribution is -0.193. The molecular formula is C36H29Cl2F10N9O7. The molecule has 0 radical (unpaired) electrons. The molecule has 5 heterocycles. The number of piperidine rings is 1. The van der Waals surface area contributed by atoms with E-state index >= 15 is 0 Å². The summed E-state index contributed by atoms with van der Waals surface area (Å²) >= 11 is 12.2. The monoisotopic (exact) mass is 959 g/mol. The van der Waals surface area contributed by atoms with E-state index < -0.39 is 42.3 Å². The number of rotatable bonds is 4. The predicted octanol–water partition coefficient (Wildman–Crippen LogP) is 8.32. The first kappa shape index (κ1) is 51.6. The Bertz CT molecular complexity index is 2320. The number of nitrogens with zero attached hydrogens (tertiary/aromatic N) is 6. The van der Waals surface area contributed by atoms with Gasteiger partial charge in [0.05, 0.1) is 23.6 Å². The first-order chi connectivity index (χ1) is 29.7. The summed E-state index contributed by atoms with van der Waals surface area (Å²) < 4.78 is 109. The van der Waals surface area contributed by atoms with Gasteiger partial charge in [-0.25, -0.2) is 28.7 Å². The molecule has 1 amide bonds. The molecule has 6 bridgehead atoms. The van der Waals surface area contributed by atoms with E-state index in [0.717, 1.165) is 47.1 Å². The third-order valence-corrected chi connectivity index (χ3v) is 8.81. The zero-order valence-electron chi connectivity index (χ0n) is 31.8. The summed E-state index contributed by atoms with van der Waals surface area (Å²) in [6, 6.07) is 10.8. The molecule has 1 saturated heterocycles. The van der Waals surface area contributed by atoms with Crippen LogP contribution in [0.3, 0.4) is 0 Å². The van der Waals surface area contributed by atoms with Gasteiger partial charge in [0, 0.05) is 37.1 Å². The van der Waals surface area contributed by atoms with Gasteiger partial charge in [0.1, 0.15) is 16.9 Å². The van der Waals surface area contributed by atoms with E-state index in [1.807, 2.05) is 41.4 Å². The van der Waals surface area contributed by atoms with Crippen molar-refractivity contribution in [2.75, 3.05) is 33.9 Å². The first-order valence-corrected chi connectivity index (χ1v) is 18.3. The van der Waals surface area contributed by atoms with Gasteiger partial charge in [0.25, 0.3) is 0 Å². The number of alkyl halides is 9. The van der Waals surface area contributed by atoms with Gasteiger partial charge >= 0.3 is 36.4 Å². The molecule has 0 unspecified atom stereocenters. The summed E-state index contributed by atoms with van der Waals surface area (Å²) in [6.07, 6.45) is -7.01. The summed E-state index contributed by atoms with van der Waals surface area (Å²) in [7, 11) is 0. The Labute approximate surface area is 362 Å². The van der Waals surface area contributed by atoms with Crippen LogP contribution in [-0.4, -0.2) is 90.7 Å². The number of benzene rings is 1. The number of nitrogens with one attached hydrogen (secondary N) is 3. The molecular weight excluding hydrogens is 931 g/mol. The maximum absolute atomic E-state index is 13.8. The number of carbonyl (C=O) groups excluding carboxylic acids is 1. The van der Waals surface area contributed by atoms with Crippen LogP contribution < -0.4 is 20.9 Å². The first-order valence-electron chi connectivity index (χ1n) is 17.5. The fraction of sp³-hybridized carbons (Fsp3) is 0.306. The molecule has 2 aliphatic rings. The van der Waals surface area contributed by atoms with Crippen molar-refractivity contribution >= 4 is 81.7 Å². The van der Waals surface area contributed by atoms with Crippen LogP contribution in [0.1, 0.15) is 36.0 Å². The molecule has 2 aliphatic heterocycles. The highest BCUT2D eigenvalue weighted by molar-refractivity contribution is 6.33. The van der Waals surface area contributed by atoms with E-state index in [9.17, 15) is 54.0 Å². The Morgan fingerprint density at radius 1 is 0.812 bits per heavy atom. The minimum Gasteiger partial charge on any atom is -0.475 e. The second-order valence-electron chi connectivity index (χ2n) is 12.9. The number of halogens is 12. The standard InChI is InChI=1S/C30H26Cl2FN9O.3C2HF3O2/c31-23-16-36-30-38-22-9-18(14-35-15-22)1-2-19-11-21(37-28(23)41-30)3-4-25(19)39-26(43)10-17-5-7-42(8-6-17)29-20(13-34)12-24(33)27(32)40-29;3*3-2(4,5)1(6)7/h3-4,9,11-12,14-17H,1-2,5-8,10H2,(H,39,43)(H2,36,37,38,41);3*(H,6,7). The van der Waals surface area contributed by atoms with Crippen molar-refractivity contribution < 1.29 is 78.4 Å². The number of fused-ring (bicyclic) bond motifs is 6. The Kier molecular flexibility index (Phi) is 17.8. The van der Waals surface area contributed by atoms with Crippen molar-refractivity contribution in [1.82, 2.24) is 19.9 Å². The highest BCUT2D eigenvalue weighted by atomic mass is 35.5. The molecule has 64 heavy (non-hydrogen) atoms. The Morgan fingerprint density at radius 2 is 1.39 bits per heavy atom. The summed E-state index contributed by atoms with van der Waals surface area (Å²) in [5, 5.41) is 40.5. The van der Waals surface area contributed by atoms with Crippen molar-refractivity contribution in [3.05, 3.63) is 81.6 Å². The largest absolute Gasteiger partial charge is 0.490 e. The van der Waals surface area contributed by atoms with Crippen LogP contribution in [0.25, 0.3) is 0 Å². The van der Waals surface area contributed by atoms with E-state index in [0.29, 0.717) is 55.0 Å². The second kappa shape index (κ2) is 22.0. The van der Waals surface area contributed by atoms with Gasteiger partial charge in [0.2, 0.25) is 11.9 Å². The van der Waals surface area contributed by atoms with Crippen LogP contribution in [0.5, 0.6) is 0 Å². The van der Waals surface area contributed by atoms with Crippen LogP contribution in [0.2, 0.25) is 10.2 Å². The van der Waals surface area contributed by atoms with Crippen molar-refractivity contribution in [1.29, 1.82) is 5.26 Å². The van der Waals surface area contributed by atoms with E-state index in [1.165, 1.54) is 6.20 Å². The fourth-order valence-electron chi connectivity index (χ4n) is 5.35. The van der Waals surface area contributed by atoms with Crippen molar-refractivity contribution in [3.63, 3.8) is 0 Å². The van der Waals surface area contributed by atoms with Gasteiger partial charge in [-0.2, -0.15) is 49.8 Å². The van der Waals surface area contributed by atoms with Crippen molar-refractivity contribution in [3.8, 4) is 6.07 Å². The number of pyridine rings is 2. The highest BCUT2D eigenvalue weighted by Crippen LogP contribution is 2.32. The molecule has 6 rings (SSSR count). The molecule has 1 aromatic carbocycles. The third kappa shape index (κ3) is 16.2. The van der Waals surface area contributed by atoms with E-state index in [4.69, 9.17) is 52.9 Å². The zero-order chi connectivity index (χ0) is 48.2. The number of hydrogen-bond donors (Lipinski definition) is 6. The lowest BCUT2D eigenvalue weighted by Gasteiger charge is -2.33. The summed E-state index contributed by atoms with van der Waals surface area (Å²) in [6.45, 7) is 1.17. The van der Waals surface area contributed by atoms with Crippen LogP contribution in [0, 0.1) is 23.1 Å². The van der Waals surface area contributed by atoms with Gasteiger partial charge < -0.3 is 36.2 Å². The van der Waals surface area contributed by atoms with Crippen LogP contribution in [0.4, 0.5) is 78.6 Å². The number of aliphatic carboxylic acids is 3. The average Bonchev–Trinajstić information content (AvgIpc) is 3.20. The number of aryl methyl sites for hydroxylation is 2. The second-order valence-corrected chi connectivity index (χ2v) is 13.7. The number of aromatic nitrogens is 4. The number of amides is 1. The molecule has 28 heteroatoms. The summed E-state index contributed by atoms with van der Waals surface area (Å²) in [5.41, 5.74) is 4.41. The Balaban J connectivity index is 0.000000429. The lowest BCUT2D eigenvalue weighted by atomic mass is 9.93. The third-order valence-electron chi connectivity index (χ3n) is 8.27. The van der Waals surface area contributed by atoms with Crippen molar-refractivity contribution in [2.45, 2.75) is 50.6 Å². The molecule has 0 aliphatic carbocycles. The topological polar surface area (TPSA) is 244 Å². The van der Waals surface area contributed by atoms with E-state index in [1.54, 1.807) is 6.20 Å². The number of carboxylic acid groups (broad SMARTS) is 3. The number of carbonyl (C=O) groups is 4. The van der Waals surface area contributed by atoms with E-state index in [-0.39, 0.29) is 22.5 Å². The minimum absolute atomic E-state index is 0.0738. The molecule has 0 saturated carbocycles. The molecule has 344 valence electrons.